The largest absolute Gasteiger partial charge is 0.459 e. The monoisotopic (exact) mass is 637 g/mol. The minimum absolute atomic E-state index is 0.0107. The van der Waals surface area contributed by atoms with Crippen molar-refractivity contribution in [1.82, 2.24) is 15.1 Å². The highest BCUT2D eigenvalue weighted by Crippen LogP contribution is 2.28. The Balaban J connectivity index is 1.84. The topological polar surface area (TPSA) is 204 Å². The molecule has 46 heavy (non-hydrogen) atoms. The van der Waals surface area contributed by atoms with E-state index in [4.69, 9.17) is 21.9 Å². The van der Waals surface area contributed by atoms with Crippen LogP contribution in [-0.2, 0) is 19.1 Å². The maximum Gasteiger partial charge on any atom is 0.323 e. The van der Waals surface area contributed by atoms with Crippen molar-refractivity contribution >= 4 is 46.3 Å². The van der Waals surface area contributed by atoms with E-state index in [1.54, 1.807) is 32.9 Å². The number of nitrogens with zero attached hydrogens (tertiary/aromatic N) is 3. The summed E-state index contributed by atoms with van der Waals surface area (Å²) in [6, 6.07) is 7.95. The average molecular weight is 638 g/mol. The zero-order chi connectivity index (χ0) is 34.3. The Labute approximate surface area is 269 Å². The molecule has 0 fully saturated rings. The maximum atomic E-state index is 13.9. The lowest BCUT2D eigenvalue weighted by atomic mass is 9.99. The van der Waals surface area contributed by atoms with Crippen LogP contribution in [0, 0.1) is 5.92 Å². The van der Waals surface area contributed by atoms with Crippen LogP contribution in [-0.4, -0.2) is 89.2 Å². The van der Waals surface area contributed by atoms with Gasteiger partial charge in [0.1, 0.15) is 17.7 Å². The molecule has 7 N–H and O–H groups in total. The zero-order valence-electron chi connectivity index (χ0n) is 27.5. The first-order chi connectivity index (χ1) is 21.5. The normalized spacial score (nSPS) is 15.0. The Morgan fingerprint density at radius 1 is 0.957 bits per heavy atom. The molecule has 1 aliphatic heterocycles. The van der Waals surface area contributed by atoms with Gasteiger partial charge in [-0.05, 0) is 75.3 Å². The van der Waals surface area contributed by atoms with Gasteiger partial charge in [-0.2, -0.15) is 0 Å². The zero-order valence-corrected chi connectivity index (χ0v) is 27.5. The highest BCUT2D eigenvalue weighted by atomic mass is 16.6. The quantitative estimate of drug-likeness (QED) is 0.0739. The van der Waals surface area contributed by atoms with Crippen molar-refractivity contribution in [2.24, 2.45) is 28.1 Å². The molecule has 2 aromatic carbocycles. The van der Waals surface area contributed by atoms with Crippen LogP contribution < -0.4 is 22.5 Å². The van der Waals surface area contributed by atoms with Gasteiger partial charge in [0, 0.05) is 20.1 Å². The van der Waals surface area contributed by atoms with Gasteiger partial charge in [-0.3, -0.25) is 39.2 Å². The molecule has 13 nitrogen and oxygen atoms in total. The number of fused-ring (bicyclic) bond motifs is 2. The standard InChI is InChI=1S/C33H47N7O6/c1-19(2)16-25(30(44)39(6)26(27(34)41)12-9-14-37-32(35)36)38-24(31(45)46-33(3,4)5)13-15-40-28(42)22-17-20-10-7-8-11-21(20)18-23(22)29(40)43/h7-8,10-11,17-19,24-26,38H,9,12-16H2,1-6H3,(H2,34,41)(H4,35,36,37)/t24-,25+,26+/m1/s1. The number of imide groups is 1. The molecule has 2 aromatic rings. The minimum atomic E-state index is -1.06. The van der Waals surface area contributed by atoms with E-state index in [0.29, 0.717) is 24.0 Å². The van der Waals surface area contributed by atoms with Gasteiger partial charge < -0.3 is 26.8 Å². The van der Waals surface area contributed by atoms with E-state index in [2.05, 4.69) is 10.3 Å². The number of aliphatic imine (C=N–C) groups is 1. The number of guanidine groups is 1. The molecule has 0 saturated heterocycles. The van der Waals surface area contributed by atoms with Crippen LogP contribution in [0.4, 0.5) is 0 Å². The van der Waals surface area contributed by atoms with Crippen molar-refractivity contribution in [3.05, 3.63) is 47.5 Å². The second kappa shape index (κ2) is 15.2. The fraction of sp³-hybridized carbons (Fsp3) is 0.515. The number of likely N-dealkylation sites (N-methyl/N-ethyl adjacent to an activating group) is 1. The van der Waals surface area contributed by atoms with Crippen LogP contribution in [0.2, 0.25) is 0 Å². The summed E-state index contributed by atoms with van der Waals surface area (Å²) in [6.07, 6.45) is 0.944. The van der Waals surface area contributed by atoms with E-state index in [1.807, 2.05) is 38.1 Å². The van der Waals surface area contributed by atoms with Crippen LogP contribution in [0.15, 0.2) is 41.4 Å². The summed E-state index contributed by atoms with van der Waals surface area (Å²) in [5.41, 5.74) is 16.2. The summed E-state index contributed by atoms with van der Waals surface area (Å²) < 4.78 is 5.68. The van der Waals surface area contributed by atoms with E-state index in [1.165, 1.54) is 11.9 Å². The smallest absolute Gasteiger partial charge is 0.323 e. The van der Waals surface area contributed by atoms with E-state index < -0.39 is 53.3 Å². The second-order valence-electron chi connectivity index (χ2n) is 13.0. The Morgan fingerprint density at radius 3 is 2.00 bits per heavy atom. The summed E-state index contributed by atoms with van der Waals surface area (Å²) in [6.45, 7) is 9.19. The third-order valence-corrected chi connectivity index (χ3v) is 7.65. The highest BCUT2D eigenvalue weighted by molar-refractivity contribution is 6.23. The molecule has 0 saturated carbocycles. The number of benzene rings is 2. The molecular weight excluding hydrogens is 590 g/mol. The Hall–Kier alpha value is -4.52. The van der Waals surface area contributed by atoms with Crippen molar-refractivity contribution in [3.63, 3.8) is 0 Å². The van der Waals surface area contributed by atoms with Gasteiger partial charge >= 0.3 is 5.97 Å². The first kappa shape index (κ1) is 36.0. The Kier molecular flexibility index (Phi) is 11.9. The molecule has 1 aliphatic rings. The van der Waals surface area contributed by atoms with Gasteiger partial charge in [0.2, 0.25) is 11.8 Å². The molecule has 0 aromatic heterocycles. The lowest BCUT2D eigenvalue weighted by Crippen LogP contribution is -2.56. The van der Waals surface area contributed by atoms with Crippen LogP contribution in [0.1, 0.15) is 81.0 Å². The molecule has 250 valence electrons. The number of nitrogens with two attached hydrogens (primary N) is 3. The van der Waals surface area contributed by atoms with Crippen LogP contribution >= 0.6 is 0 Å². The third kappa shape index (κ3) is 9.25. The number of carbonyl (C=O) groups excluding carboxylic acids is 5. The first-order valence-corrected chi connectivity index (χ1v) is 15.5. The fourth-order valence-electron chi connectivity index (χ4n) is 5.45. The lowest BCUT2D eigenvalue weighted by molar-refractivity contribution is -0.158. The fourth-order valence-corrected chi connectivity index (χ4v) is 5.45. The van der Waals surface area contributed by atoms with Gasteiger partial charge in [-0.15, -0.1) is 0 Å². The third-order valence-electron chi connectivity index (χ3n) is 7.65. The highest BCUT2D eigenvalue weighted by Gasteiger charge is 2.39. The molecule has 4 amide bonds. The number of esters is 1. The molecule has 0 radical (unpaired) electrons. The molecule has 0 bridgehead atoms. The SMILES string of the molecule is CC(C)C[C@H](N[C@H](CCN1C(=O)c2cc3ccccc3cc2C1=O)C(=O)OC(C)(C)C)C(=O)N(C)[C@@H](CCCN=C(N)N)C(N)=O. The molecule has 0 unspecified atom stereocenters. The van der Waals surface area contributed by atoms with Gasteiger partial charge in [-0.1, -0.05) is 38.1 Å². The molecule has 1 heterocycles. The average Bonchev–Trinajstić information content (AvgIpc) is 3.19. The van der Waals surface area contributed by atoms with Gasteiger partial charge in [-0.25, -0.2) is 0 Å². The number of hydrogen-bond acceptors (Lipinski definition) is 8. The number of rotatable bonds is 15. The van der Waals surface area contributed by atoms with Gasteiger partial charge in [0.05, 0.1) is 17.2 Å². The van der Waals surface area contributed by atoms with Gasteiger partial charge in [0.25, 0.3) is 11.8 Å². The van der Waals surface area contributed by atoms with E-state index >= 15 is 0 Å². The molecular formula is C33H47N7O6. The molecule has 13 heteroatoms. The van der Waals surface area contributed by atoms with Crippen LogP contribution in [0.25, 0.3) is 10.8 Å². The van der Waals surface area contributed by atoms with Crippen LogP contribution in [0.5, 0.6) is 0 Å². The Morgan fingerprint density at radius 2 is 1.52 bits per heavy atom. The van der Waals surface area contributed by atoms with Crippen molar-refractivity contribution in [2.75, 3.05) is 20.1 Å². The first-order valence-electron chi connectivity index (χ1n) is 15.5. The van der Waals surface area contributed by atoms with Crippen LogP contribution in [0.3, 0.4) is 0 Å². The van der Waals surface area contributed by atoms with E-state index in [9.17, 15) is 24.0 Å². The molecule has 3 atom stereocenters. The number of amides is 4. The number of carbonyl (C=O) groups is 5. The van der Waals surface area contributed by atoms with Crippen molar-refractivity contribution in [1.29, 1.82) is 0 Å². The Bertz CT molecular complexity index is 1440. The number of primary amides is 1. The summed E-state index contributed by atoms with van der Waals surface area (Å²) in [7, 11) is 1.48. The summed E-state index contributed by atoms with van der Waals surface area (Å²) >= 11 is 0. The number of ether oxygens (including phenoxy) is 1. The summed E-state index contributed by atoms with van der Waals surface area (Å²) in [5.74, 6) is -2.73. The molecule has 0 spiro atoms. The van der Waals surface area contributed by atoms with E-state index in [0.717, 1.165) is 15.7 Å². The number of nitrogens with one attached hydrogen (secondary N) is 1. The minimum Gasteiger partial charge on any atom is -0.459 e. The maximum absolute atomic E-state index is 13.9. The summed E-state index contributed by atoms with van der Waals surface area (Å²) in [5, 5.41) is 4.81. The van der Waals surface area contributed by atoms with Gasteiger partial charge in [0.15, 0.2) is 5.96 Å². The predicted molar refractivity (Wildman–Crippen MR) is 176 cm³/mol. The molecule has 0 aliphatic carbocycles. The second-order valence-corrected chi connectivity index (χ2v) is 13.0. The predicted octanol–water partition coefficient (Wildman–Crippen LogP) is 1.91. The van der Waals surface area contributed by atoms with Crippen molar-refractivity contribution in [2.45, 2.75) is 84.0 Å². The lowest BCUT2D eigenvalue weighted by Gasteiger charge is -2.33. The van der Waals surface area contributed by atoms with Crippen molar-refractivity contribution < 1.29 is 28.7 Å². The van der Waals surface area contributed by atoms with E-state index in [-0.39, 0.29) is 37.8 Å². The number of hydrogen-bond donors (Lipinski definition) is 4. The molecule has 3 rings (SSSR count). The van der Waals surface area contributed by atoms with Crippen molar-refractivity contribution in [3.8, 4) is 0 Å². The summed E-state index contributed by atoms with van der Waals surface area (Å²) in [4.78, 5) is 72.7.